The van der Waals surface area contributed by atoms with Crippen molar-refractivity contribution >= 4 is 34.0 Å². The Labute approximate surface area is 163 Å². The number of aromatic amines is 1. The molecule has 5 rings (SSSR count). The summed E-state index contributed by atoms with van der Waals surface area (Å²) in [6, 6.07) is 25.6. The van der Waals surface area contributed by atoms with Crippen molar-refractivity contribution in [1.82, 2.24) is 4.98 Å². The summed E-state index contributed by atoms with van der Waals surface area (Å²) in [7, 11) is 0. The van der Waals surface area contributed by atoms with Crippen LogP contribution in [-0.2, 0) is 0 Å². The summed E-state index contributed by atoms with van der Waals surface area (Å²) in [5.74, 6) is 0. The maximum Gasteiger partial charge on any atom is 0.319 e. The Balaban J connectivity index is 1.72. The first kappa shape index (κ1) is 16.4. The average molecular weight is 368 g/mol. The van der Waals surface area contributed by atoms with Crippen molar-refractivity contribution in [2.24, 2.45) is 5.73 Å². The maximum absolute atomic E-state index is 12.5. The van der Waals surface area contributed by atoms with Gasteiger partial charge in [-0.1, -0.05) is 48.5 Å². The Bertz CT molecular complexity index is 1150. The Hall–Kier alpha value is -3.73. The monoisotopic (exact) mass is 368 g/mol. The Morgan fingerprint density at radius 3 is 2.36 bits per heavy atom. The number of carbonyl (C=O) groups is 1. The minimum absolute atomic E-state index is 0.205. The van der Waals surface area contributed by atoms with Crippen molar-refractivity contribution in [1.29, 1.82) is 0 Å². The molecule has 138 valence electrons. The van der Waals surface area contributed by atoms with Gasteiger partial charge in [0.25, 0.3) is 0 Å². The molecule has 0 bridgehead atoms. The van der Waals surface area contributed by atoms with E-state index < -0.39 is 6.03 Å². The number of hydrogen-bond donors (Lipinski definition) is 2. The third-order valence-electron chi connectivity index (χ3n) is 5.38. The molecule has 0 saturated carbocycles. The normalized spacial score (nSPS) is 16.2. The minimum Gasteiger partial charge on any atom is -0.361 e. The molecule has 0 spiro atoms. The number of para-hydroxylation sites is 4. The molecule has 2 amide bonds. The van der Waals surface area contributed by atoms with Gasteiger partial charge in [0.1, 0.15) is 0 Å². The molecule has 0 fully saturated rings. The van der Waals surface area contributed by atoms with Crippen LogP contribution in [0, 0.1) is 0 Å². The van der Waals surface area contributed by atoms with Gasteiger partial charge in [-0.05, 0) is 30.3 Å². The summed E-state index contributed by atoms with van der Waals surface area (Å²) in [5.41, 5.74) is 10.9. The molecular weight excluding hydrogens is 348 g/mol. The van der Waals surface area contributed by atoms with Gasteiger partial charge < -0.3 is 15.6 Å². The summed E-state index contributed by atoms with van der Waals surface area (Å²) in [6.07, 6.45) is 1.99. The predicted octanol–water partition coefficient (Wildman–Crippen LogP) is 4.95. The molecule has 3 aromatic carbocycles. The van der Waals surface area contributed by atoms with Gasteiger partial charge in [-0.2, -0.15) is 0 Å². The lowest BCUT2D eigenvalue weighted by molar-refractivity contribution is 0.251. The van der Waals surface area contributed by atoms with Crippen LogP contribution < -0.4 is 15.5 Å². The number of nitrogens with one attached hydrogen (secondary N) is 1. The number of aromatic nitrogens is 1. The van der Waals surface area contributed by atoms with Crippen LogP contribution >= 0.6 is 0 Å². The van der Waals surface area contributed by atoms with Crippen molar-refractivity contribution in [3.05, 3.63) is 90.6 Å². The number of H-pyrrole nitrogens is 1. The van der Waals surface area contributed by atoms with Crippen LogP contribution in [0.2, 0.25) is 0 Å². The van der Waals surface area contributed by atoms with E-state index >= 15 is 0 Å². The number of nitrogens with two attached hydrogens (primary N) is 1. The van der Waals surface area contributed by atoms with Crippen molar-refractivity contribution in [2.45, 2.75) is 6.04 Å². The quantitative estimate of drug-likeness (QED) is 0.526. The van der Waals surface area contributed by atoms with E-state index in [4.69, 9.17) is 5.73 Å². The van der Waals surface area contributed by atoms with E-state index in [0.717, 1.165) is 33.5 Å². The van der Waals surface area contributed by atoms with Gasteiger partial charge in [-0.25, -0.2) is 4.79 Å². The molecule has 1 atom stereocenters. The Morgan fingerprint density at radius 2 is 1.57 bits per heavy atom. The molecule has 0 aliphatic carbocycles. The SMILES string of the molecule is NC(=O)N1c2ccccc2N(c2ccccc2)CC1c1c[nH]c2ccccc12. The van der Waals surface area contributed by atoms with Crippen LogP contribution in [0.25, 0.3) is 10.9 Å². The van der Waals surface area contributed by atoms with Gasteiger partial charge in [0, 0.05) is 34.9 Å². The predicted molar refractivity (Wildman–Crippen MR) is 113 cm³/mol. The van der Waals surface area contributed by atoms with Gasteiger partial charge in [0.2, 0.25) is 0 Å². The van der Waals surface area contributed by atoms with Crippen molar-refractivity contribution in [3.63, 3.8) is 0 Å². The first-order valence-electron chi connectivity index (χ1n) is 9.30. The number of urea groups is 1. The van der Waals surface area contributed by atoms with Crippen LogP contribution in [-0.4, -0.2) is 17.6 Å². The molecule has 5 heteroatoms. The highest BCUT2D eigenvalue weighted by atomic mass is 16.2. The summed E-state index contributed by atoms with van der Waals surface area (Å²) >= 11 is 0. The summed E-state index contributed by atoms with van der Waals surface area (Å²) in [6.45, 7) is 0.617. The molecule has 2 heterocycles. The van der Waals surface area contributed by atoms with E-state index in [1.54, 1.807) is 4.90 Å². The van der Waals surface area contributed by atoms with Crippen molar-refractivity contribution in [2.75, 3.05) is 16.3 Å². The number of benzene rings is 3. The fraction of sp³-hybridized carbons (Fsp3) is 0.0870. The van der Waals surface area contributed by atoms with Crippen LogP contribution in [0.15, 0.2) is 85.1 Å². The van der Waals surface area contributed by atoms with E-state index in [-0.39, 0.29) is 6.04 Å². The molecule has 5 nitrogen and oxygen atoms in total. The van der Waals surface area contributed by atoms with E-state index in [1.807, 2.05) is 66.9 Å². The van der Waals surface area contributed by atoms with E-state index in [0.29, 0.717) is 6.54 Å². The highest BCUT2D eigenvalue weighted by Crippen LogP contribution is 2.45. The zero-order valence-electron chi connectivity index (χ0n) is 15.2. The lowest BCUT2D eigenvalue weighted by Crippen LogP contribution is -2.47. The van der Waals surface area contributed by atoms with Crippen LogP contribution in [0.1, 0.15) is 11.6 Å². The lowest BCUT2D eigenvalue weighted by Gasteiger charge is -2.42. The van der Waals surface area contributed by atoms with Crippen molar-refractivity contribution < 1.29 is 4.79 Å². The third kappa shape index (κ3) is 2.52. The number of amides is 2. The smallest absolute Gasteiger partial charge is 0.319 e. The largest absolute Gasteiger partial charge is 0.361 e. The highest BCUT2D eigenvalue weighted by Gasteiger charge is 2.36. The van der Waals surface area contributed by atoms with Gasteiger partial charge in [0.15, 0.2) is 0 Å². The molecule has 0 saturated heterocycles. The molecule has 3 N–H and O–H groups in total. The van der Waals surface area contributed by atoms with Gasteiger partial charge in [-0.3, -0.25) is 4.90 Å². The highest BCUT2D eigenvalue weighted by molar-refractivity contribution is 5.99. The zero-order chi connectivity index (χ0) is 19.1. The standard InChI is InChI=1S/C23H20N4O/c24-23(28)27-21-13-7-6-12-20(21)26(16-8-2-1-3-9-16)15-22(27)18-14-25-19-11-5-4-10-17(18)19/h1-14,22,25H,15H2,(H2,24,28). The van der Waals surface area contributed by atoms with Crippen molar-refractivity contribution in [3.8, 4) is 0 Å². The molecule has 0 radical (unpaired) electrons. The molecule has 4 aromatic rings. The number of rotatable bonds is 2. The Morgan fingerprint density at radius 1 is 0.893 bits per heavy atom. The fourth-order valence-electron chi connectivity index (χ4n) is 4.15. The number of hydrogen-bond acceptors (Lipinski definition) is 2. The topological polar surface area (TPSA) is 65.4 Å². The van der Waals surface area contributed by atoms with Crippen LogP contribution in [0.3, 0.4) is 0 Å². The first-order valence-corrected chi connectivity index (χ1v) is 9.30. The first-order chi connectivity index (χ1) is 13.7. The second-order valence-corrected chi connectivity index (χ2v) is 6.95. The second-order valence-electron chi connectivity index (χ2n) is 6.95. The lowest BCUT2D eigenvalue weighted by atomic mass is 9.98. The summed E-state index contributed by atoms with van der Waals surface area (Å²) in [4.78, 5) is 19.8. The summed E-state index contributed by atoms with van der Waals surface area (Å²) in [5, 5.41) is 1.10. The zero-order valence-corrected chi connectivity index (χ0v) is 15.2. The second kappa shape index (κ2) is 6.46. The molecule has 1 aromatic heterocycles. The fourth-order valence-corrected chi connectivity index (χ4v) is 4.15. The molecular formula is C23H20N4O. The number of fused-ring (bicyclic) bond motifs is 2. The summed E-state index contributed by atoms with van der Waals surface area (Å²) < 4.78 is 0. The number of carbonyl (C=O) groups excluding carboxylic acids is 1. The van der Waals surface area contributed by atoms with Gasteiger partial charge in [0.05, 0.1) is 17.4 Å². The Kier molecular flexibility index (Phi) is 3.79. The molecule has 28 heavy (non-hydrogen) atoms. The molecule has 1 unspecified atom stereocenters. The van der Waals surface area contributed by atoms with E-state index in [9.17, 15) is 4.79 Å². The van der Waals surface area contributed by atoms with E-state index in [2.05, 4.69) is 28.1 Å². The third-order valence-corrected chi connectivity index (χ3v) is 5.38. The minimum atomic E-state index is -0.449. The number of primary amides is 1. The van der Waals surface area contributed by atoms with E-state index in [1.165, 1.54) is 0 Å². The van der Waals surface area contributed by atoms with Crippen LogP contribution in [0.4, 0.5) is 21.9 Å². The molecule has 1 aliphatic heterocycles. The van der Waals surface area contributed by atoms with Gasteiger partial charge >= 0.3 is 6.03 Å². The number of anilines is 3. The van der Waals surface area contributed by atoms with Gasteiger partial charge in [-0.15, -0.1) is 0 Å². The number of nitrogens with zero attached hydrogens (tertiary/aromatic N) is 2. The molecule has 1 aliphatic rings. The average Bonchev–Trinajstić information content (AvgIpc) is 3.17. The maximum atomic E-state index is 12.5. The van der Waals surface area contributed by atoms with Crippen LogP contribution in [0.5, 0.6) is 0 Å².